The van der Waals surface area contributed by atoms with E-state index in [4.69, 9.17) is 4.74 Å². The maximum atomic E-state index is 13.1. The number of anilines is 2. The molecule has 2 aromatic rings. The van der Waals surface area contributed by atoms with Gasteiger partial charge >= 0.3 is 11.9 Å². The lowest BCUT2D eigenvalue weighted by Gasteiger charge is -2.34. The quantitative estimate of drug-likeness (QED) is 0.607. The second-order valence-corrected chi connectivity index (χ2v) is 9.58. The summed E-state index contributed by atoms with van der Waals surface area (Å²) in [6.07, 6.45) is 1.14. The van der Waals surface area contributed by atoms with E-state index in [2.05, 4.69) is 4.72 Å². The van der Waals surface area contributed by atoms with E-state index in [9.17, 15) is 23.1 Å². The Morgan fingerprint density at radius 1 is 1.12 bits per heavy atom. The van der Waals surface area contributed by atoms with Crippen LogP contribution in [0.15, 0.2) is 41.3 Å². The minimum atomic E-state index is -3.94. The Morgan fingerprint density at radius 2 is 1.81 bits per heavy atom. The summed E-state index contributed by atoms with van der Waals surface area (Å²) >= 11 is 0. The molecule has 0 spiro atoms. The summed E-state index contributed by atoms with van der Waals surface area (Å²) in [5.74, 6) is -1.56. The molecule has 0 amide bonds. The number of piperidine rings is 1. The highest BCUT2D eigenvalue weighted by Gasteiger charge is 2.28. The van der Waals surface area contributed by atoms with Crippen molar-refractivity contribution in [1.29, 1.82) is 0 Å². The Labute approximate surface area is 188 Å². The fourth-order valence-electron chi connectivity index (χ4n) is 3.94. The number of carbonyl (C=O) groups is 2. The van der Waals surface area contributed by atoms with Gasteiger partial charge in [-0.25, -0.2) is 13.2 Å². The van der Waals surface area contributed by atoms with Crippen LogP contribution in [0.1, 0.15) is 41.3 Å². The second kappa shape index (κ2) is 9.60. The monoisotopic (exact) mass is 460 g/mol. The van der Waals surface area contributed by atoms with Crippen LogP contribution in [0.3, 0.4) is 0 Å². The van der Waals surface area contributed by atoms with Crippen LogP contribution in [0.5, 0.6) is 0 Å². The van der Waals surface area contributed by atoms with Crippen LogP contribution in [0.4, 0.5) is 11.4 Å². The first kappa shape index (κ1) is 23.6. The molecule has 0 atom stereocenters. The lowest BCUT2D eigenvalue weighted by atomic mass is 9.96. The molecular formula is C23H28N2O6S. The zero-order chi connectivity index (χ0) is 23.5. The number of esters is 1. The first-order valence-electron chi connectivity index (χ1n) is 10.5. The molecule has 0 aliphatic carbocycles. The Bertz CT molecular complexity index is 1120. The van der Waals surface area contributed by atoms with Crippen molar-refractivity contribution in [3.8, 4) is 0 Å². The molecule has 3 rings (SSSR count). The van der Waals surface area contributed by atoms with Gasteiger partial charge in [0.15, 0.2) is 0 Å². The lowest BCUT2D eigenvalue weighted by Crippen LogP contribution is -2.37. The van der Waals surface area contributed by atoms with Crippen molar-refractivity contribution in [2.24, 2.45) is 5.92 Å². The van der Waals surface area contributed by atoms with Crippen LogP contribution in [-0.4, -0.2) is 45.2 Å². The minimum Gasteiger partial charge on any atom is -0.478 e. The van der Waals surface area contributed by atoms with E-state index in [0.29, 0.717) is 43.8 Å². The number of benzene rings is 2. The molecule has 32 heavy (non-hydrogen) atoms. The molecule has 1 heterocycles. The van der Waals surface area contributed by atoms with Crippen molar-refractivity contribution in [2.45, 2.75) is 38.5 Å². The van der Waals surface area contributed by atoms with Gasteiger partial charge in [-0.05, 0) is 63.4 Å². The predicted molar refractivity (Wildman–Crippen MR) is 122 cm³/mol. The van der Waals surface area contributed by atoms with Crippen LogP contribution in [-0.2, 0) is 19.6 Å². The molecule has 0 radical (unpaired) electrons. The van der Waals surface area contributed by atoms with E-state index in [0.717, 1.165) is 5.56 Å². The van der Waals surface area contributed by atoms with Gasteiger partial charge in [-0.1, -0.05) is 17.7 Å². The molecule has 0 aromatic heterocycles. The normalized spacial score (nSPS) is 14.8. The van der Waals surface area contributed by atoms with Crippen LogP contribution in [0.25, 0.3) is 0 Å². The topological polar surface area (TPSA) is 113 Å². The fourth-order valence-corrected chi connectivity index (χ4v) is 5.24. The van der Waals surface area contributed by atoms with Gasteiger partial charge in [0.2, 0.25) is 0 Å². The highest BCUT2D eigenvalue weighted by molar-refractivity contribution is 7.92. The number of rotatable bonds is 7. The highest BCUT2D eigenvalue weighted by Crippen LogP contribution is 2.33. The fraction of sp³-hybridized carbons (Fsp3) is 0.391. The predicted octanol–water partition coefficient (Wildman–Crippen LogP) is 3.58. The number of hydrogen-bond acceptors (Lipinski definition) is 6. The maximum absolute atomic E-state index is 13.1. The minimum absolute atomic E-state index is 0.0199. The third-order valence-electron chi connectivity index (χ3n) is 5.56. The van der Waals surface area contributed by atoms with Gasteiger partial charge in [0.05, 0.1) is 34.4 Å². The third kappa shape index (κ3) is 5.21. The van der Waals surface area contributed by atoms with E-state index in [1.54, 1.807) is 38.1 Å². The van der Waals surface area contributed by atoms with Gasteiger partial charge in [-0.3, -0.25) is 9.52 Å². The van der Waals surface area contributed by atoms with E-state index in [1.165, 1.54) is 12.1 Å². The van der Waals surface area contributed by atoms with Crippen molar-refractivity contribution >= 4 is 33.3 Å². The summed E-state index contributed by atoms with van der Waals surface area (Å²) < 4.78 is 33.9. The van der Waals surface area contributed by atoms with Gasteiger partial charge in [-0.2, -0.15) is 0 Å². The summed E-state index contributed by atoms with van der Waals surface area (Å²) in [4.78, 5) is 25.6. The second-order valence-electron chi connectivity index (χ2n) is 7.92. The van der Waals surface area contributed by atoms with Gasteiger partial charge in [0.25, 0.3) is 10.0 Å². The molecule has 172 valence electrons. The van der Waals surface area contributed by atoms with E-state index >= 15 is 0 Å². The van der Waals surface area contributed by atoms with Crippen molar-refractivity contribution in [3.05, 3.63) is 53.1 Å². The molecule has 2 aromatic carbocycles. The maximum Gasteiger partial charge on any atom is 0.335 e. The number of aromatic carboxylic acids is 1. The van der Waals surface area contributed by atoms with E-state index in [1.807, 2.05) is 11.8 Å². The summed E-state index contributed by atoms with van der Waals surface area (Å²) in [6, 6.07) is 9.42. The number of ether oxygens (including phenoxy) is 1. The van der Waals surface area contributed by atoms with Crippen LogP contribution in [0.2, 0.25) is 0 Å². The largest absolute Gasteiger partial charge is 0.478 e. The third-order valence-corrected chi connectivity index (χ3v) is 7.09. The molecule has 1 saturated heterocycles. The number of nitrogens with one attached hydrogen (secondary N) is 1. The molecule has 1 aliphatic heterocycles. The van der Waals surface area contributed by atoms with Crippen molar-refractivity contribution in [1.82, 2.24) is 0 Å². The Hall–Kier alpha value is -3.07. The average molecular weight is 461 g/mol. The molecule has 0 unspecified atom stereocenters. The number of sulfonamides is 1. The Kier molecular flexibility index (Phi) is 7.08. The first-order chi connectivity index (χ1) is 15.1. The number of carboxylic acids is 1. The zero-order valence-corrected chi connectivity index (χ0v) is 19.2. The van der Waals surface area contributed by atoms with Crippen LogP contribution < -0.4 is 9.62 Å². The molecule has 1 aliphatic rings. The van der Waals surface area contributed by atoms with Crippen LogP contribution in [0, 0.1) is 19.8 Å². The zero-order valence-electron chi connectivity index (χ0n) is 18.4. The summed E-state index contributed by atoms with van der Waals surface area (Å²) in [6.45, 7) is 6.75. The molecular weight excluding hydrogens is 432 g/mol. The van der Waals surface area contributed by atoms with Gasteiger partial charge in [-0.15, -0.1) is 0 Å². The van der Waals surface area contributed by atoms with Crippen molar-refractivity contribution in [2.75, 3.05) is 29.3 Å². The number of carbonyl (C=O) groups excluding carboxylic acids is 1. The lowest BCUT2D eigenvalue weighted by molar-refractivity contribution is -0.148. The number of carboxylic acid groups (broad SMARTS) is 1. The van der Waals surface area contributed by atoms with E-state index < -0.39 is 16.0 Å². The summed E-state index contributed by atoms with van der Waals surface area (Å²) in [5, 5.41) is 9.40. The molecule has 8 nitrogen and oxygen atoms in total. The molecule has 0 bridgehead atoms. The number of nitrogens with zero attached hydrogens (tertiary/aromatic N) is 1. The summed E-state index contributed by atoms with van der Waals surface area (Å²) in [5.41, 5.74) is 2.29. The van der Waals surface area contributed by atoms with Gasteiger partial charge in [0.1, 0.15) is 0 Å². The van der Waals surface area contributed by atoms with Gasteiger partial charge in [0, 0.05) is 13.1 Å². The first-order valence-corrected chi connectivity index (χ1v) is 12.0. The van der Waals surface area contributed by atoms with Gasteiger partial charge < -0.3 is 14.7 Å². The van der Waals surface area contributed by atoms with E-state index in [-0.39, 0.29) is 28.0 Å². The molecule has 9 heteroatoms. The Morgan fingerprint density at radius 3 is 2.41 bits per heavy atom. The number of aryl methyl sites for hydroxylation is 2. The summed E-state index contributed by atoms with van der Waals surface area (Å²) in [7, 11) is -3.94. The smallest absolute Gasteiger partial charge is 0.335 e. The van der Waals surface area contributed by atoms with Crippen LogP contribution >= 0.6 is 0 Å². The van der Waals surface area contributed by atoms with Crippen molar-refractivity contribution < 1.29 is 27.9 Å². The molecule has 2 N–H and O–H groups in total. The van der Waals surface area contributed by atoms with Crippen molar-refractivity contribution in [3.63, 3.8) is 0 Å². The molecule has 0 saturated carbocycles. The number of hydrogen-bond donors (Lipinski definition) is 2. The Balaban J connectivity index is 1.91. The standard InChI is InChI=1S/C23H28N2O6S/c1-4-31-23(28)17-9-11-25(12-10-17)20-7-6-18(22(26)27)14-19(20)24-32(29,30)21-8-5-15(2)13-16(21)3/h5-8,13-14,17,24H,4,9-12H2,1-3H3,(H,26,27). The highest BCUT2D eigenvalue weighted by atomic mass is 32.2. The molecule has 1 fully saturated rings. The SMILES string of the molecule is CCOC(=O)C1CCN(c2ccc(C(=O)O)cc2NS(=O)(=O)c2ccc(C)cc2C)CC1. The average Bonchev–Trinajstić information content (AvgIpc) is 2.73.